The summed E-state index contributed by atoms with van der Waals surface area (Å²) in [4.78, 5) is 43.2. The number of carbonyl (C=O) groups is 1. The molecule has 4 rings (SSSR count). The summed E-state index contributed by atoms with van der Waals surface area (Å²) in [6.07, 6.45) is 3.15. The van der Waals surface area contributed by atoms with Crippen LogP contribution in [0.5, 0.6) is 0 Å². The van der Waals surface area contributed by atoms with Gasteiger partial charge in [-0.05, 0) is 24.6 Å². The van der Waals surface area contributed by atoms with E-state index in [9.17, 15) is 14.4 Å². The van der Waals surface area contributed by atoms with Crippen molar-refractivity contribution in [1.82, 2.24) is 19.3 Å². The van der Waals surface area contributed by atoms with Crippen LogP contribution in [0.25, 0.3) is 4.83 Å². The highest BCUT2D eigenvalue weighted by Crippen LogP contribution is 2.18. The molecule has 3 heterocycles. The second kappa shape index (κ2) is 9.06. The SMILES string of the molecule is Cc1c(=O)n(Cc2ccccc2)c(=O)n2cc(C(=O)NCc3ccccn3)sc12.Cl. The van der Waals surface area contributed by atoms with E-state index >= 15 is 0 Å². The lowest BCUT2D eigenvalue weighted by Gasteiger charge is -2.07. The average molecular weight is 443 g/mol. The summed E-state index contributed by atoms with van der Waals surface area (Å²) in [5.74, 6) is -0.315. The van der Waals surface area contributed by atoms with Crippen LogP contribution in [0.3, 0.4) is 0 Å². The standard InChI is InChI=1S/C21H18N4O3S.ClH/c1-14-19(27)24(12-15-7-3-2-4-8-15)21(28)25-13-17(29-20(14)25)18(26)23-11-16-9-5-6-10-22-16;/h2-10,13H,11-12H2,1H3,(H,23,26);1H. The van der Waals surface area contributed by atoms with E-state index in [0.29, 0.717) is 15.3 Å². The van der Waals surface area contributed by atoms with Gasteiger partial charge in [0, 0.05) is 18.0 Å². The number of fused-ring (bicyclic) bond motifs is 1. The summed E-state index contributed by atoms with van der Waals surface area (Å²) in [6.45, 7) is 2.13. The zero-order valence-corrected chi connectivity index (χ0v) is 17.7. The zero-order chi connectivity index (χ0) is 20.4. The number of hydrogen-bond donors (Lipinski definition) is 1. The first-order valence-electron chi connectivity index (χ1n) is 9.02. The number of rotatable bonds is 5. The number of thiazole rings is 1. The fourth-order valence-corrected chi connectivity index (χ4v) is 4.04. The molecule has 30 heavy (non-hydrogen) atoms. The van der Waals surface area contributed by atoms with Crippen molar-refractivity contribution in [3.8, 4) is 0 Å². The van der Waals surface area contributed by atoms with Crippen LogP contribution < -0.4 is 16.6 Å². The Balaban J connectivity index is 0.00000256. The molecule has 0 atom stereocenters. The molecule has 0 saturated carbocycles. The Hall–Kier alpha value is -3.23. The lowest BCUT2D eigenvalue weighted by molar-refractivity contribution is 0.0954. The second-order valence-corrected chi connectivity index (χ2v) is 7.59. The maximum Gasteiger partial charge on any atom is 0.336 e. The van der Waals surface area contributed by atoms with Crippen LogP contribution in [0, 0.1) is 6.92 Å². The first-order valence-corrected chi connectivity index (χ1v) is 9.84. The maximum absolute atomic E-state index is 12.9. The van der Waals surface area contributed by atoms with Gasteiger partial charge in [-0.2, -0.15) is 0 Å². The minimum atomic E-state index is -0.459. The highest BCUT2D eigenvalue weighted by atomic mass is 35.5. The van der Waals surface area contributed by atoms with E-state index in [0.717, 1.165) is 22.6 Å². The van der Waals surface area contributed by atoms with Gasteiger partial charge >= 0.3 is 5.69 Å². The van der Waals surface area contributed by atoms with Crippen molar-refractivity contribution in [3.63, 3.8) is 0 Å². The number of nitrogens with zero attached hydrogens (tertiary/aromatic N) is 3. The molecule has 0 bridgehead atoms. The van der Waals surface area contributed by atoms with Crippen molar-refractivity contribution in [2.75, 3.05) is 0 Å². The van der Waals surface area contributed by atoms with Crippen LogP contribution in [-0.2, 0) is 13.1 Å². The first-order chi connectivity index (χ1) is 14.0. The summed E-state index contributed by atoms with van der Waals surface area (Å²) in [7, 11) is 0. The van der Waals surface area contributed by atoms with Gasteiger partial charge in [-0.25, -0.2) is 4.79 Å². The predicted molar refractivity (Wildman–Crippen MR) is 119 cm³/mol. The van der Waals surface area contributed by atoms with Gasteiger partial charge in [-0.1, -0.05) is 36.4 Å². The Morgan fingerprint density at radius 2 is 1.83 bits per heavy atom. The summed E-state index contributed by atoms with van der Waals surface area (Å²) >= 11 is 1.13. The third-order valence-electron chi connectivity index (χ3n) is 4.56. The number of benzene rings is 1. The molecule has 4 aromatic rings. The molecule has 9 heteroatoms. The largest absolute Gasteiger partial charge is 0.346 e. The minimum Gasteiger partial charge on any atom is -0.346 e. The number of aryl methyl sites for hydroxylation is 1. The summed E-state index contributed by atoms with van der Waals surface area (Å²) < 4.78 is 2.57. The number of aromatic nitrogens is 3. The zero-order valence-electron chi connectivity index (χ0n) is 16.1. The first kappa shape index (κ1) is 21.5. The molecular formula is C21H19ClN4O3S. The molecule has 0 radical (unpaired) electrons. The van der Waals surface area contributed by atoms with Gasteiger partial charge < -0.3 is 5.32 Å². The van der Waals surface area contributed by atoms with Gasteiger partial charge in [0.25, 0.3) is 11.5 Å². The molecule has 154 valence electrons. The number of carbonyl (C=O) groups excluding carboxylic acids is 1. The third kappa shape index (κ3) is 4.19. The molecule has 1 amide bonds. The average Bonchev–Trinajstić information content (AvgIpc) is 3.21. The van der Waals surface area contributed by atoms with Gasteiger partial charge in [0.2, 0.25) is 0 Å². The van der Waals surface area contributed by atoms with Crippen molar-refractivity contribution in [2.24, 2.45) is 0 Å². The van der Waals surface area contributed by atoms with Crippen LogP contribution in [0.4, 0.5) is 0 Å². The molecule has 0 aliphatic carbocycles. The summed E-state index contributed by atoms with van der Waals surface area (Å²) in [5, 5.41) is 2.79. The number of nitrogens with one attached hydrogen (secondary N) is 1. The fourth-order valence-electron chi connectivity index (χ4n) is 3.04. The summed E-state index contributed by atoms with van der Waals surface area (Å²) in [6, 6.07) is 14.8. The highest BCUT2D eigenvalue weighted by Gasteiger charge is 2.17. The maximum atomic E-state index is 12.9. The quantitative estimate of drug-likeness (QED) is 0.515. The van der Waals surface area contributed by atoms with Crippen LogP contribution >= 0.6 is 23.7 Å². The van der Waals surface area contributed by atoms with E-state index < -0.39 is 5.69 Å². The predicted octanol–water partition coefficient (Wildman–Crippen LogP) is 2.63. The smallest absolute Gasteiger partial charge is 0.336 e. The highest BCUT2D eigenvalue weighted by molar-refractivity contribution is 7.19. The number of amides is 1. The Labute approximate surface area is 182 Å². The van der Waals surface area contributed by atoms with E-state index in [2.05, 4.69) is 10.3 Å². The number of pyridine rings is 1. The number of hydrogen-bond acceptors (Lipinski definition) is 5. The van der Waals surface area contributed by atoms with Gasteiger partial charge in [0.1, 0.15) is 9.71 Å². The summed E-state index contributed by atoms with van der Waals surface area (Å²) in [5.41, 5.74) is 1.22. The van der Waals surface area contributed by atoms with E-state index in [1.165, 1.54) is 15.2 Å². The van der Waals surface area contributed by atoms with Crippen molar-refractivity contribution < 1.29 is 4.79 Å². The van der Waals surface area contributed by atoms with Crippen molar-refractivity contribution in [1.29, 1.82) is 0 Å². The lowest BCUT2D eigenvalue weighted by Crippen LogP contribution is -2.38. The molecule has 0 fully saturated rings. The number of halogens is 1. The Kier molecular flexibility index (Phi) is 6.49. The normalized spacial score (nSPS) is 10.6. The van der Waals surface area contributed by atoms with Crippen molar-refractivity contribution in [2.45, 2.75) is 20.0 Å². The molecule has 0 spiro atoms. The van der Waals surface area contributed by atoms with Crippen molar-refractivity contribution in [3.05, 3.63) is 103 Å². The van der Waals surface area contributed by atoms with E-state index in [4.69, 9.17) is 0 Å². The van der Waals surface area contributed by atoms with Gasteiger partial charge in [-0.3, -0.25) is 23.5 Å². The molecule has 3 aromatic heterocycles. The molecule has 0 unspecified atom stereocenters. The van der Waals surface area contributed by atoms with Gasteiger partial charge in [-0.15, -0.1) is 23.7 Å². The van der Waals surface area contributed by atoms with E-state index in [1.54, 1.807) is 19.2 Å². The lowest BCUT2D eigenvalue weighted by atomic mass is 10.2. The Bertz CT molecular complexity index is 1300. The second-order valence-electron chi connectivity index (χ2n) is 6.56. The topological polar surface area (TPSA) is 85.5 Å². The molecule has 1 N–H and O–H groups in total. The molecule has 0 aliphatic heterocycles. The monoisotopic (exact) mass is 442 g/mol. The van der Waals surface area contributed by atoms with E-state index in [-0.39, 0.29) is 37.0 Å². The van der Waals surface area contributed by atoms with Gasteiger partial charge in [0.15, 0.2) is 0 Å². The molecule has 7 nitrogen and oxygen atoms in total. The van der Waals surface area contributed by atoms with Crippen LogP contribution in [0.15, 0.2) is 70.5 Å². The Morgan fingerprint density at radius 1 is 1.10 bits per heavy atom. The Morgan fingerprint density at radius 3 is 2.53 bits per heavy atom. The molecule has 0 saturated heterocycles. The molecule has 0 aliphatic rings. The minimum absolute atomic E-state index is 0. The van der Waals surface area contributed by atoms with E-state index in [1.807, 2.05) is 42.5 Å². The third-order valence-corrected chi connectivity index (χ3v) is 5.77. The van der Waals surface area contributed by atoms with Crippen LogP contribution in [-0.4, -0.2) is 19.9 Å². The molecule has 1 aromatic carbocycles. The van der Waals surface area contributed by atoms with Crippen molar-refractivity contribution >= 4 is 34.5 Å². The van der Waals surface area contributed by atoms with Crippen LogP contribution in [0.2, 0.25) is 0 Å². The van der Waals surface area contributed by atoms with Crippen LogP contribution in [0.1, 0.15) is 26.5 Å². The van der Waals surface area contributed by atoms with Gasteiger partial charge in [0.05, 0.1) is 18.8 Å². The fraction of sp³-hybridized carbons (Fsp3) is 0.143. The molecular weight excluding hydrogens is 424 g/mol.